The first-order valence-electron chi connectivity index (χ1n) is 12.5. The minimum atomic E-state index is -4.58. The SMILES string of the molecule is O=C(NCCN1CCOCC1)c1ccc(-c2ccc(-c3ccc(Cl)cc3)n2-c2cnccc2C(F)(F)F)cc1. The lowest BCUT2D eigenvalue weighted by atomic mass is 10.1. The summed E-state index contributed by atoms with van der Waals surface area (Å²) in [5, 5.41) is 3.45. The monoisotopic (exact) mass is 554 g/mol. The highest BCUT2D eigenvalue weighted by Gasteiger charge is 2.35. The summed E-state index contributed by atoms with van der Waals surface area (Å²) in [4.78, 5) is 18.9. The van der Waals surface area contributed by atoms with Gasteiger partial charge in [0.05, 0.1) is 42.0 Å². The molecule has 6 nitrogen and oxygen atoms in total. The molecule has 0 saturated carbocycles. The molecule has 39 heavy (non-hydrogen) atoms. The Kier molecular flexibility index (Phi) is 8.02. The van der Waals surface area contributed by atoms with Gasteiger partial charge in [-0.15, -0.1) is 0 Å². The van der Waals surface area contributed by atoms with Crippen molar-refractivity contribution >= 4 is 17.5 Å². The van der Waals surface area contributed by atoms with Crippen LogP contribution < -0.4 is 5.32 Å². The summed E-state index contributed by atoms with van der Waals surface area (Å²) in [6, 6.07) is 18.2. The molecule has 0 unspecified atom stereocenters. The fourth-order valence-corrected chi connectivity index (χ4v) is 4.74. The predicted octanol–water partition coefficient (Wildman–Crippen LogP) is 5.94. The van der Waals surface area contributed by atoms with E-state index in [-0.39, 0.29) is 11.6 Å². The number of benzene rings is 2. The normalized spacial score (nSPS) is 14.4. The third kappa shape index (κ3) is 6.16. The van der Waals surface area contributed by atoms with E-state index in [9.17, 15) is 18.0 Å². The van der Waals surface area contributed by atoms with Gasteiger partial charge in [-0.05, 0) is 53.6 Å². The molecule has 2 aromatic heterocycles. The van der Waals surface area contributed by atoms with Gasteiger partial charge in [0.15, 0.2) is 0 Å². The summed E-state index contributed by atoms with van der Waals surface area (Å²) in [7, 11) is 0. The lowest BCUT2D eigenvalue weighted by Gasteiger charge is -2.26. The Bertz CT molecular complexity index is 1430. The van der Waals surface area contributed by atoms with Crippen LogP contribution in [-0.4, -0.2) is 59.8 Å². The Hall–Kier alpha value is -3.66. The summed E-state index contributed by atoms with van der Waals surface area (Å²) < 4.78 is 48.9. The molecule has 1 saturated heterocycles. The molecule has 1 aliphatic rings. The molecule has 1 N–H and O–H groups in total. The van der Waals surface area contributed by atoms with Crippen LogP contribution >= 0.6 is 11.6 Å². The summed E-state index contributed by atoms with van der Waals surface area (Å²) in [6.45, 7) is 4.32. The number of morpholine rings is 1. The van der Waals surface area contributed by atoms with Crippen LogP contribution in [0.1, 0.15) is 15.9 Å². The summed E-state index contributed by atoms with van der Waals surface area (Å²) in [5.74, 6) is -0.210. The van der Waals surface area contributed by atoms with Gasteiger partial charge in [-0.2, -0.15) is 13.2 Å². The number of carbonyl (C=O) groups excluding carboxylic acids is 1. The number of hydrogen-bond acceptors (Lipinski definition) is 4. The van der Waals surface area contributed by atoms with E-state index in [1.807, 2.05) is 0 Å². The number of alkyl halides is 3. The van der Waals surface area contributed by atoms with Crippen LogP contribution in [0.15, 0.2) is 79.1 Å². The molecule has 2 aromatic carbocycles. The number of hydrogen-bond donors (Lipinski definition) is 1. The molecule has 1 amide bonds. The molecule has 3 heterocycles. The van der Waals surface area contributed by atoms with Gasteiger partial charge in [0.2, 0.25) is 0 Å². The summed E-state index contributed by atoms with van der Waals surface area (Å²) >= 11 is 6.05. The highest BCUT2D eigenvalue weighted by Crippen LogP contribution is 2.39. The van der Waals surface area contributed by atoms with Gasteiger partial charge in [0, 0.05) is 43.0 Å². The molecule has 0 aliphatic carbocycles. The second kappa shape index (κ2) is 11.6. The quantitative estimate of drug-likeness (QED) is 0.307. The smallest absolute Gasteiger partial charge is 0.379 e. The molecule has 4 aromatic rings. The van der Waals surface area contributed by atoms with Crippen LogP contribution in [0.4, 0.5) is 13.2 Å². The van der Waals surface area contributed by atoms with Crippen LogP contribution in [0, 0.1) is 0 Å². The number of nitrogens with one attached hydrogen (secondary N) is 1. The van der Waals surface area contributed by atoms with Crippen molar-refractivity contribution in [2.75, 3.05) is 39.4 Å². The highest BCUT2D eigenvalue weighted by molar-refractivity contribution is 6.30. The average Bonchev–Trinajstić information content (AvgIpc) is 3.39. The Morgan fingerprint density at radius 2 is 1.54 bits per heavy atom. The van der Waals surface area contributed by atoms with Crippen molar-refractivity contribution in [1.82, 2.24) is 19.8 Å². The summed E-state index contributed by atoms with van der Waals surface area (Å²) in [5.41, 5.74) is 1.98. The topological polar surface area (TPSA) is 59.4 Å². The number of carbonyl (C=O) groups is 1. The zero-order valence-corrected chi connectivity index (χ0v) is 21.7. The zero-order chi connectivity index (χ0) is 27.4. The van der Waals surface area contributed by atoms with Crippen molar-refractivity contribution in [3.63, 3.8) is 0 Å². The fourth-order valence-electron chi connectivity index (χ4n) is 4.62. The molecule has 0 radical (unpaired) electrons. The van der Waals surface area contributed by atoms with E-state index in [0.29, 0.717) is 52.9 Å². The minimum absolute atomic E-state index is 0.0973. The van der Waals surface area contributed by atoms with E-state index in [0.717, 1.165) is 31.9 Å². The second-order valence-corrected chi connectivity index (χ2v) is 9.56. The Labute approximate surface area is 229 Å². The largest absolute Gasteiger partial charge is 0.418 e. The van der Waals surface area contributed by atoms with Crippen molar-refractivity contribution in [2.45, 2.75) is 6.18 Å². The molecule has 0 atom stereocenters. The lowest BCUT2D eigenvalue weighted by molar-refractivity contribution is -0.137. The first kappa shape index (κ1) is 26.9. The van der Waals surface area contributed by atoms with Crippen molar-refractivity contribution in [1.29, 1.82) is 0 Å². The van der Waals surface area contributed by atoms with Crippen molar-refractivity contribution in [3.8, 4) is 28.2 Å². The number of halogens is 4. The molecular formula is C29H26ClF3N4O2. The molecule has 10 heteroatoms. The number of ether oxygens (including phenoxy) is 1. The Morgan fingerprint density at radius 3 is 2.15 bits per heavy atom. The van der Waals surface area contributed by atoms with Crippen molar-refractivity contribution < 1.29 is 22.7 Å². The van der Waals surface area contributed by atoms with Crippen LogP contribution in [0.2, 0.25) is 5.02 Å². The van der Waals surface area contributed by atoms with E-state index in [1.165, 1.54) is 10.8 Å². The molecular weight excluding hydrogens is 529 g/mol. The molecule has 1 fully saturated rings. The van der Waals surface area contributed by atoms with Crippen LogP contribution in [0.25, 0.3) is 28.2 Å². The third-order valence-electron chi connectivity index (χ3n) is 6.63. The Morgan fingerprint density at radius 1 is 0.923 bits per heavy atom. The van der Waals surface area contributed by atoms with Crippen LogP contribution in [0.3, 0.4) is 0 Å². The molecule has 5 rings (SSSR count). The number of pyridine rings is 1. The second-order valence-electron chi connectivity index (χ2n) is 9.12. The lowest BCUT2D eigenvalue weighted by Crippen LogP contribution is -2.41. The van der Waals surface area contributed by atoms with Crippen molar-refractivity contribution in [3.05, 3.63) is 95.3 Å². The van der Waals surface area contributed by atoms with Gasteiger partial charge in [0.1, 0.15) is 0 Å². The maximum absolute atomic E-state index is 14.0. The number of aromatic nitrogens is 2. The maximum Gasteiger partial charge on any atom is 0.418 e. The highest BCUT2D eigenvalue weighted by atomic mass is 35.5. The van der Waals surface area contributed by atoms with E-state index >= 15 is 0 Å². The maximum atomic E-state index is 14.0. The predicted molar refractivity (Wildman–Crippen MR) is 144 cm³/mol. The number of rotatable bonds is 7. The fraction of sp³-hybridized carbons (Fsp3) is 0.241. The van der Waals surface area contributed by atoms with Gasteiger partial charge >= 0.3 is 6.18 Å². The molecule has 0 bridgehead atoms. The average molecular weight is 555 g/mol. The van der Waals surface area contributed by atoms with E-state index in [1.54, 1.807) is 60.7 Å². The molecule has 202 valence electrons. The van der Waals surface area contributed by atoms with E-state index < -0.39 is 11.7 Å². The first-order valence-corrected chi connectivity index (χ1v) is 12.9. The van der Waals surface area contributed by atoms with Gasteiger partial charge in [-0.1, -0.05) is 35.9 Å². The first-order chi connectivity index (χ1) is 18.8. The summed E-state index contributed by atoms with van der Waals surface area (Å²) in [6.07, 6.45) is -2.24. The molecule has 0 spiro atoms. The van der Waals surface area contributed by atoms with Crippen LogP contribution in [-0.2, 0) is 10.9 Å². The van der Waals surface area contributed by atoms with Gasteiger partial charge < -0.3 is 14.6 Å². The third-order valence-corrected chi connectivity index (χ3v) is 6.88. The number of amides is 1. The van der Waals surface area contributed by atoms with Crippen molar-refractivity contribution in [2.24, 2.45) is 0 Å². The molecule has 1 aliphatic heterocycles. The standard InChI is InChI=1S/C29H26ClF3N4O2/c30-23-7-5-21(6-8-23)26-10-9-25(37(26)27-19-34-12-11-24(27)29(31,32)33)20-1-3-22(4-2-20)28(38)35-13-14-36-15-17-39-18-16-36/h1-12,19H,13-18H2,(H,35,38). The van der Waals surface area contributed by atoms with Crippen LogP contribution in [0.5, 0.6) is 0 Å². The van der Waals surface area contributed by atoms with Gasteiger partial charge in [-0.25, -0.2) is 0 Å². The van der Waals surface area contributed by atoms with Gasteiger partial charge in [0.25, 0.3) is 5.91 Å². The zero-order valence-electron chi connectivity index (χ0n) is 20.9. The van der Waals surface area contributed by atoms with E-state index in [4.69, 9.17) is 16.3 Å². The van der Waals surface area contributed by atoms with E-state index in [2.05, 4.69) is 15.2 Å². The Balaban J connectivity index is 1.45. The number of nitrogens with zero attached hydrogens (tertiary/aromatic N) is 3. The van der Waals surface area contributed by atoms with Gasteiger partial charge in [-0.3, -0.25) is 14.7 Å². The minimum Gasteiger partial charge on any atom is -0.379 e.